The van der Waals surface area contributed by atoms with Gasteiger partial charge in [-0.2, -0.15) is 0 Å². The Labute approximate surface area is 224 Å². The van der Waals surface area contributed by atoms with Crippen LogP contribution in [0.25, 0.3) is 0 Å². The molecule has 194 valence electrons. The van der Waals surface area contributed by atoms with Crippen molar-refractivity contribution >= 4 is 62.1 Å². The Balaban J connectivity index is 1.34. The summed E-state index contributed by atoms with van der Waals surface area (Å²) in [5, 5.41) is 14.3. The lowest BCUT2D eigenvalue weighted by atomic mass is 10.1. The molecule has 1 atom stereocenters. The molecule has 0 spiro atoms. The summed E-state index contributed by atoms with van der Waals surface area (Å²) in [5.41, 5.74) is 8.61. The van der Waals surface area contributed by atoms with Crippen LogP contribution >= 0.6 is 32.9 Å². The first-order valence-electron chi connectivity index (χ1n) is 12.3. The summed E-state index contributed by atoms with van der Waals surface area (Å²) in [7, 11) is 3.97. The SMILES string of the molecule is N/C(=N\c1ccc(N2CCN(C(=O)CCCCC3CCSS3)CC2)c(CNC(=O)O)c1)c1cccs1. The van der Waals surface area contributed by atoms with Crippen LogP contribution in [0.3, 0.4) is 0 Å². The van der Waals surface area contributed by atoms with Crippen molar-refractivity contribution in [3.05, 3.63) is 46.2 Å². The van der Waals surface area contributed by atoms with E-state index in [0.29, 0.717) is 44.1 Å². The maximum Gasteiger partial charge on any atom is 0.404 e. The Morgan fingerprint density at radius 3 is 2.69 bits per heavy atom. The first kappa shape index (κ1) is 26.7. The zero-order valence-corrected chi connectivity index (χ0v) is 22.7. The van der Waals surface area contributed by atoms with E-state index in [4.69, 9.17) is 10.8 Å². The van der Waals surface area contributed by atoms with E-state index in [2.05, 4.69) is 15.2 Å². The monoisotopic (exact) mass is 547 g/mol. The predicted octanol–water partition coefficient (Wildman–Crippen LogP) is 4.92. The quantitative estimate of drug-likeness (QED) is 0.168. The first-order valence-corrected chi connectivity index (χ1v) is 15.5. The number of carbonyl (C=O) groups is 2. The summed E-state index contributed by atoms with van der Waals surface area (Å²) >= 11 is 1.52. The average molecular weight is 548 g/mol. The molecule has 0 aliphatic carbocycles. The van der Waals surface area contributed by atoms with Crippen LogP contribution in [0.1, 0.15) is 42.5 Å². The Morgan fingerprint density at radius 1 is 1.17 bits per heavy atom. The minimum atomic E-state index is -1.08. The van der Waals surface area contributed by atoms with Crippen LogP contribution in [0, 0.1) is 0 Å². The molecule has 4 rings (SSSR count). The van der Waals surface area contributed by atoms with Crippen molar-refractivity contribution in [2.75, 3.05) is 36.8 Å². The van der Waals surface area contributed by atoms with Gasteiger partial charge in [-0.15, -0.1) is 11.3 Å². The van der Waals surface area contributed by atoms with E-state index in [1.165, 1.54) is 29.9 Å². The van der Waals surface area contributed by atoms with Gasteiger partial charge in [0.15, 0.2) is 0 Å². The number of carboxylic acid groups (broad SMARTS) is 1. The third kappa shape index (κ3) is 7.57. The van der Waals surface area contributed by atoms with Crippen LogP contribution in [0.15, 0.2) is 40.7 Å². The van der Waals surface area contributed by atoms with Gasteiger partial charge in [-0.3, -0.25) is 4.79 Å². The molecule has 1 aromatic carbocycles. The van der Waals surface area contributed by atoms with Crippen LogP contribution in [-0.4, -0.2) is 65.0 Å². The van der Waals surface area contributed by atoms with E-state index in [-0.39, 0.29) is 12.5 Å². The molecule has 4 N–H and O–H groups in total. The van der Waals surface area contributed by atoms with Crippen molar-refractivity contribution in [1.82, 2.24) is 10.2 Å². The van der Waals surface area contributed by atoms with Crippen LogP contribution in [-0.2, 0) is 11.3 Å². The maximum atomic E-state index is 12.7. The molecule has 11 heteroatoms. The average Bonchev–Trinajstić information content (AvgIpc) is 3.60. The molecule has 3 heterocycles. The van der Waals surface area contributed by atoms with Crippen molar-refractivity contribution < 1.29 is 14.7 Å². The maximum absolute atomic E-state index is 12.7. The highest BCUT2D eigenvalue weighted by atomic mass is 33.1. The molecule has 1 unspecified atom stereocenters. The van der Waals surface area contributed by atoms with E-state index >= 15 is 0 Å². The molecular formula is C25H33N5O3S3. The van der Waals surface area contributed by atoms with E-state index in [1.54, 1.807) is 0 Å². The summed E-state index contributed by atoms with van der Waals surface area (Å²) in [6, 6.07) is 9.59. The summed E-state index contributed by atoms with van der Waals surface area (Å²) in [5.74, 6) is 1.93. The molecular weight excluding hydrogens is 515 g/mol. The second-order valence-electron chi connectivity index (χ2n) is 8.89. The number of aliphatic imine (C=N–C) groups is 1. The molecule has 2 aliphatic heterocycles. The number of anilines is 1. The van der Waals surface area contributed by atoms with Crippen molar-refractivity contribution in [2.45, 2.75) is 43.9 Å². The Bertz CT molecular complexity index is 1050. The number of nitrogens with one attached hydrogen (secondary N) is 1. The number of hydrogen-bond acceptors (Lipinski definition) is 7. The second kappa shape index (κ2) is 13.3. The van der Waals surface area contributed by atoms with Gasteiger partial charge in [-0.05, 0) is 54.5 Å². The van der Waals surface area contributed by atoms with Gasteiger partial charge in [0.25, 0.3) is 0 Å². The molecule has 36 heavy (non-hydrogen) atoms. The van der Waals surface area contributed by atoms with E-state index in [9.17, 15) is 9.59 Å². The predicted molar refractivity (Wildman–Crippen MR) is 152 cm³/mol. The number of amides is 2. The zero-order chi connectivity index (χ0) is 25.3. The number of rotatable bonds is 10. The number of nitrogens with zero attached hydrogens (tertiary/aromatic N) is 3. The van der Waals surface area contributed by atoms with Crippen LogP contribution < -0.4 is 16.0 Å². The highest BCUT2D eigenvalue weighted by Gasteiger charge is 2.23. The van der Waals surface area contributed by atoms with Crippen molar-refractivity contribution in [3.63, 3.8) is 0 Å². The van der Waals surface area contributed by atoms with Gasteiger partial charge in [-0.25, -0.2) is 9.79 Å². The highest BCUT2D eigenvalue weighted by Crippen LogP contribution is 2.40. The van der Waals surface area contributed by atoms with Crippen molar-refractivity contribution in [2.24, 2.45) is 10.7 Å². The zero-order valence-electron chi connectivity index (χ0n) is 20.2. The smallest absolute Gasteiger partial charge is 0.404 e. The van der Waals surface area contributed by atoms with Gasteiger partial charge in [0.1, 0.15) is 5.84 Å². The van der Waals surface area contributed by atoms with Crippen LogP contribution in [0.2, 0.25) is 0 Å². The van der Waals surface area contributed by atoms with E-state index in [0.717, 1.165) is 34.2 Å². The third-order valence-electron chi connectivity index (χ3n) is 6.38. The first-order chi connectivity index (χ1) is 17.5. The topological polar surface area (TPSA) is 111 Å². The lowest BCUT2D eigenvalue weighted by Gasteiger charge is -2.37. The number of benzene rings is 1. The second-order valence-corrected chi connectivity index (χ2v) is 12.6. The Morgan fingerprint density at radius 2 is 2.00 bits per heavy atom. The number of amidine groups is 1. The lowest BCUT2D eigenvalue weighted by molar-refractivity contribution is -0.131. The number of unbranched alkanes of at least 4 members (excludes halogenated alkanes) is 1. The number of carbonyl (C=O) groups excluding carboxylic acids is 1. The van der Waals surface area contributed by atoms with Gasteiger partial charge in [0.05, 0.1) is 10.6 Å². The van der Waals surface area contributed by atoms with Crippen molar-refractivity contribution in [1.29, 1.82) is 0 Å². The van der Waals surface area contributed by atoms with Gasteiger partial charge >= 0.3 is 6.09 Å². The fraction of sp³-hybridized carbons (Fsp3) is 0.480. The summed E-state index contributed by atoms with van der Waals surface area (Å²) in [4.78, 5) is 33.5. The number of piperazine rings is 1. The van der Waals surface area contributed by atoms with Crippen molar-refractivity contribution in [3.8, 4) is 0 Å². The molecule has 0 bridgehead atoms. The summed E-state index contributed by atoms with van der Waals surface area (Å²) in [6.45, 7) is 2.93. The fourth-order valence-corrected chi connectivity index (χ4v) is 8.10. The molecule has 8 nitrogen and oxygen atoms in total. The van der Waals surface area contributed by atoms with Crippen LogP contribution in [0.5, 0.6) is 0 Å². The number of nitrogens with two attached hydrogens (primary N) is 1. The minimum Gasteiger partial charge on any atom is -0.465 e. The molecule has 0 saturated carbocycles. The normalized spacial score (nSPS) is 18.4. The van der Waals surface area contributed by atoms with Gasteiger partial charge in [0, 0.05) is 55.8 Å². The summed E-state index contributed by atoms with van der Waals surface area (Å²) in [6.07, 6.45) is 4.14. The number of hydrogen-bond donors (Lipinski definition) is 3. The van der Waals surface area contributed by atoms with E-state index in [1.807, 2.05) is 62.2 Å². The molecule has 1 aromatic heterocycles. The molecule has 2 aromatic rings. The Kier molecular flexibility index (Phi) is 9.82. The standard InChI is InChI=1S/C25H33N5O3S3/c26-24(22-5-3-14-34-22)28-19-7-8-21(18(16-19)17-27-25(32)33)29-10-12-30(13-11-29)23(31)6-2-1-4-20-9-15-35-36-20/h3,5,7-8,14,16,20,27H,1-2,4,6,9-13,15,17H2,(H2,26,28)(H,32,33). The largest absolute Gasteiger partial charge is 0.465 e. The van der Waals surface area contributed by atoms with E-state index < -0.39 is 6.09 Å². The fourth-order valence-electron chi connectivity index (χ4n) is 4.45. The minimum absolute atomic E-state index is 0.171. The lowest BCUT2D eigenvalue weighted by Crippen LogP contribution is -2.49. The molecule has 2 fully saturated rings. The van der Waals surface area contributed by atoms with Crippen LogP contribution in [0.4, 0.5) is 16.2 Å². The van der Waals surface area contributed by atoms with Gasteiger partial charge < -0.3 is 26.0 Å². The molecule has 2 amide bonds. The molecule has 0 radical (unpaired) electrons. The third-order valence-corrected chi connectivity index (χ3v) is 10.3. The highest BCUT2D eigenvalue weighted by molar-refractivity contribution is 8.77. The number of thiophene rings is 1. The molecule has 2 aliphatic rings. The van der Waals surface area contributed by atoms with Gasteiger partial charge in [-0.1, -0.05) is 34.1 Å². The molecule has 2 saturated heterocycles. The Hall–Kier alpha value is -2.37. The summed E-state index contributed by atoms with van der Waals surface area (Å²) < 4.78 is 0. The van der Waals surface area contributed by atoms with Gasteiger partial charge in [0.2, 0.25) is 5.91 Å².